The fourth-order valence-corrected chi connectivity index (χ4v) is 5.14. The lowest BCUT2D eigenvalue weighted by Gasteiger charge is -2.15. The summed E-state index contributed by atoms with van der Waals surface area (Å²) in [7, 11) is 0.423. The lowest BCUT2D eigenvalue weighted by atomic mass is 10.2. The minimum absolute atomic E-state index is 0.0827. The van der Waals surface area contributed by atoms with Gasteiger partial charge in [0.1, 0.15) is 10.6 Å². The smallest absolute Gasteiger partial charge is 0.257 e. The summed E-state index contributed by atoms with van der Waals surface area (Å²) in [5, 5.41) is 4.90. The van der Waals surface area contributed by atoms with Crippen molar-refractivity contribution in [2.24, 2.45) is 0 Å². The standard InChI is InChI=1S/C17H16ClN3O4S3/c1-21(2)28(23,24)14-8-10(4-5-12(14)25-3)16(22)20-17-19-11(9-26-17)13-6-7-15(18)27-13/h4-9H,1-3H3,(H,19,20,22). The Morgan fingerprint density at radius 2 is 2.00 bits per heavy atom. The molecular weight excluding hydrogens is 442 g/mol. The van der Waals surface area contributed by atoms with Crippen LogP contribution in [0, 0.1) is 0 Å². The summed E-state index contributed by atoms with van der Waals surface area (Å²) in [5.74, 6) is -0.306. The number of thiazole rings is 1. The fourth-order valence-electron chi connectivity index (χ4n) is 2.28. The number of sulfonamides is 1. The van der Waals surface area contributed by atoms with E-state index in [2.05, 4.69) is 10.3 Å². The van der Waals surface area contributed by atoms with Crippen LogP contribution in [0.1, 0.15) is 10.4 Å². The number of nitrogens with one attached hydrogen (secondary N) is 1. The first kappa shape index (κ1) is 20.7. The molecular formula is C17H16ClN3O4S3. The van der Waals surface area contributed by atoms with Crippen molar-refractivity contribution in [1.29, 1.82) is 0 Å². The Morgan fingerprint density at radius 1 is 1.25 bits per heavy atom. The minimum Gasteiger partial charge on any atom is -0.495 e. The Balaban J connectivity index is 1.86. The summed E-state index contributed by atoms with van der Waals surface area (Å²) in [5.41, 5.74) is 0.889. The highest BCUT2D eigenvalue weighted by Crippen LogP contribution is 2.33. The number of hydrogen-bond acceptors (Lipinski definition) is 7. The normalized spacial score (nSPS) is 11.6. The molecule has 0 unspecified atom stereocenters. The first-order chi connectivity index (χ1) is 13.2. The van der Waals surface area contributed by atoms with E-state index in [4.69, 9.17) is 16.3 Å². The van der Waals surface area contributed by atoms with Gasteiger partial charge in [0.25, 0.3) is 5.91 Å². The van der Waals surface area contributed by atoms with Crippen LogP contribution in [-0.2, 0) is 10.0 Å². The van der Waals surface area contributed by atoms with Crippen molar-refractivity contribution in [2.45, 2.75) is 4.90 Å². The van der Waals surface area contributed by atoms with Crippen LogP contribution in [0.5, 0.6) is 5.75 Å². The van der Waals surface area contributed by atoms with Crippen LogP contribution >= 0.6 is 34.3 Å². The predicted octanol–water partition coefficient (Wildman–Crippen LogP) is 4.04. The summed E-state index contributed by atoms with van der Waals surface area (Å²) < 4.78 is 31.8. The van der Waals surface area contributed by atoms with E-state index in [-0.39, 0.29) is 16.2 Å². The second-order valence-corrected chi connectivity index (χ2v) is 10.4. The summed E-state index contributed by atoms with van der Waals surface area (Å²) in [6, 6.07) is 7.87. The third-order valence-electron chi connectivity index (χ3n) is 3.73. The quantitative estimate of drug-likeness (QED) is 0.603. The van der Waals surface area contributed by atoms with E-state index in [1.807, 2.05) is 11.4 Å². The molecule has 3 rings (SSSR count). The van der Waals surface area contributed by atoms with Crippen LogP contribution in [0.2, 0.25) is 4.34 Å². The molecule has 2 heterocycles. The number of amides is 1. The highest BCUT2D eigenvalue weighted by Gasteiger charge is 2.24. The molecule has 1 N–H and O–H groups in total. The SMILES string of the molecule is COc1ccc(C(=O)Nc2nc(-c3ccc(Cl)s3)cs2)cc1S(=O)(=O)N(C)C. The van der Waals surface area contributed by atoms with Crippen LogP contribution in [0.15, 0.2) is 40.6 Å². The van der Waals surface area contributed by atoms with E-state index < -0.39 is 15.9 Å². The third-order valence-corrected chi connectivity index (χ3v) is 7.58. The molecule has 3 aromatic rings. The molecule has 0 spiro atoms. The number of nitrogens with zero attached hydrogens (tertiary/aromatic N) is 2. The van der Waals surface area contributed by atoms with Gasteiger partial charge in [0.05, 0.1) is 22.0 Å². The largest absolute Gasteiger partial charge is 0.495 e. The van der Waals surface area contributed by atoms with Gasteiger partial charge in [0.2, 0.25) is 10.0 Å². The van der Waals surface area contributed by atoms with Gasteiger partial charge in [0, 0.05) is 25.0 Å². The number of carbonyl (C=O) groups excluding carboxylic acids is 1. The van der Waals surface area contributed by atoms with E-state index in [0.29, 0.717) is 15.2 Å². The van der Waals surface area contributed by atoms with Crippen LogP contribution in [0.4, 0.5) is 5.13 Å². The van der Waals surface area contributed by atoms with Crippen LogP contribution < -0.4 is 10.1 Å². The second-order valence-electron chi connectivity index (χ2n) is 5.75. The molecule has 2 aromatic heterocycles. The van der Waals surface area contributed by atoms with Crippen LogP contribution in [-0.4, -0.2) is 44.8 Å². The Kier molecular flexibility index (Phi) is 6.06. The molecule has 0 radical (unpaired) electrons. The number of rotatable bonds is 6. The molecule has 0 atom stereocenters. The summed E-state index contributed by atoms with van der Waals surface area (Å²) >= 11 is 8.60. The van der Waals surface area contributed by atoms with Crippen molar-refractivity contribution in [3.05, 3.63) is 45.6 Å². The highest BCUT2D eigenvalue weighted by atomic mass is 35.5. The predicted molar refractivity (Wildman–Crippen MR) is 112 cm³/mol. The van der Waals surface area contributed by atoms with Crippen molar-refractivity contribution in [1.82, 2.24) is 9.29 Å². The summed E-state index contributed by atoms with van der Waals surface area (Å²) in [6.07, 6.45) is 0. The van der Waals surface area contributed by atoms with Crippen LogP contribution in [0.3, 0.4) is 0 Å². The molecule has 148 valence electrons. The molecule has 0 aliphatic rings. The van der Waals surface area contributed by atoms with Crippen molar-refractivity contribution < 1.29 is 17.9 Å². The average molecular weight is 458 g/mol. The second kappa shape index (κ2) is 8.18. The zero-order valence-electron chi connectivity index (χ0n) is 15.1. The van der Waals surface area contributed by atoms with Crippen molar-refractivity contribution >= 4 is 55.3 Å². The van der Waals surface area contributed by atoms with E-state index >= 15 is 0 Å². The molecule has 1 amide bonds. The Hall–Kier alpha value is -1.98. The lowest BCUT2D eigenvalue weighted by molar-refractivity contribution is 0.102. The van der Waals surface area contributed by atoms with E-state index in [0.717, 1.165) is 9.18 Å². The number of ether oxygens (including phenoxy) is 1. The zero-order chi connectivity index (χ0) is 20.5. The maximum absolute atomic E-state index is 12.6. The fraction of sp³-hybridized carbons (Fsp3) is 0.176. The van der Waals surface area contributed by atoms with Gasteiger partial charge in [-0.25, -0.2) is 17.7 Å². The molecule has 0 bridgehead atoms. The molecule has 0 saturated heterocycles. The van der Waals surface area contributed by atoms with E-state index in [1.165, 1.54) is 62.1 Å². The Labute approximate surface area is 175 Å². The minimum atomic E-state index is -3.77. The van der Waals surface area contributed by atoms with Gasteiger partial charge in [-0.1, -0.05) is 11.6 Å². The Morgan fingerprint density at radius 3 is 2.61 bits per heavy atom. The Bertz CT molecular complexity index is 1120. The van der Waals surface area contributed by atoms with Crippen molar-refractivity contribution in [2.75, 3.05) is 26.5 Å². The summed E-state index contributed by atoms with van der Waals surface area (Å²) in [6.45, 7) is 0. The number of anilines is 1. The van der Waals surface area contributed by atoms with Gasteiger partial charge in [-0.15, -0.1) is 22.7 Å². The topological polar surface area (TPSA) is 88.6 Å². The van der Waals surface area contributed by atoms with Gasteiger partial charge >= 0.3 is 0 Å². The molecule has 11 heteroatoms. The molecule has 28 heavy (non-hydrogen) atoms. The molecule has 0 fully saturated rings. The molecule has 0 aliphatic carbocycles. The van der Waals surface area contributed by atoms with Gasteiger partial charge in [-0.05, 0) is 30.3 Å². The van der Waals surface area contributed by atoms with Gasteiger partial charge in [0.15, 0.2) is 5.13 Å². The third kappa shape index (κ3) is 4.20. The van der Waals surface area contributed by atoms with Gasteiger partial charge < -0.3 is 4.74 Å². The number of hydrogen-bond donors (Lipinski definition) is 1. The van der Waals surface area contributed by atoms with Crippen LogP contribution in [0.25, 0.3) is 10.6 Å². The first-order valence-electron chi connectivity index (χ1n) is 7.85. The van der Waals surface area contributed by atoms with E-state index in [9.17, 15) is 13.2 Å². The number of aromatic nitrogens is 1. The monoisotopic (exact) mass is 457 g/mol. The van der Waals surface area contributed by atoms with Crippen molar-refractivity contribution in [3.63, 3.8) is 0 Å². The number of carbonyl (C=O) groups is 1. The highest BCUT2D eigenvalue weighted by molar-refractivity contribution is 7.89. The maximum Gasteiger partial charge on any atom is 0.257 e. The molecule has 0 saturated carbocycles. The zero-order valence-corrected chi connectivity index (χ0v) is 18.3. The average Bonchev–Trinajstić information content (AvgIpc) is 3.29. The first-order valence-corrected chi connectivity index (χ1v) is 11.4. The number of benzene rings is 1. The molecule has 7 nitrogen and oxygen atoms in total. The lowest BCUT2D eigenvalue weighted by Crippen LogP contribution is -2.23. The number of methoxy groups -OCH3 is 1. The molecule has 0 aliphatic heterocycles. The number of thiophene rings is 1. The van der Waals surface area contributed by atoms with E-state index in [1.54, 1.807) is 6.07 Å². The molecule has 1 aromatic carbocycles. The number of halogens is 1. The maximum atomic E-state index is 12.6. The van der Waals surface area contributed by atoms with Gasteiger partial charge in [-0.2, -0.15) is 0 Å². The van der Waals surface area contributed by atoms with Crippen molar-refractivity contribution in [3.8, 4) is 16.3 Å². The summed E-state index contributed by atoms with van der Waals surface area (Å²) in [4.78, 5) is 17.8. The van der Waals surface area contributed by atoms with Gasteiger partial charge in [-0.3, -0.25) is 10.1 Å².